The highest BCUT2D eigenvalue weighted by molar-refractivity contribution is 5.91. The van der Waals surface area contributed by atoms with Gasteiger partial charge < -0.3 is 9.52 Å². The number of aromatic carboxylic acids is 1. The average Bonchev–Trinajstić information content (AvgIpc) is 2.93. The van der Waals surface area contributed by atoms with Crippen LogP contribution < -0.4 is 0 Å². The smallest absolute Gasteiger partial charge is 0.433 e. The lowest BCUT2D eigenvalue weighted by Gasteiger charge is -1.99. The van der Waals surface area contributed by atoms with Gasteiger partial charge in [-0.2, -0.15) is 5.26 Å². The Hall–Kier alpha value is -3.40. The maximum atomic E-state index is 10.8. The molecule has 0 bridgehead atoms. The molecule has 0 atom stereocenters. The van der Waals surface area contributed by atoms with Crippen LogP contribution in [0, 0.1) is 21.4 Å². The normalized spacial score (nSPS) is 10.9. The first-order chi connectivity index (χ1) is 10.0. The van der Waals surface area contributed by atoms with E-state index in [1.165, 1.54) is 42.5 Å². The standard InChI is InChI=1S/C14H8N2O5/c15-8-11(7-12-5-6-13(21-12)16(19)20)9-1-3-10(4-2-9)14(17)18/h1-7H,(H,17,18)/b11-7-. The molecule has 1 aromatic heterocycles. The lowest BCUT2D eigenvalue weighted by molar-refractivity contribution is -0.402. The highest BCUT2D eigenvalue weighted by Crippen LogP contribution is 2.22. The van der Waals surface area contributed by atoms with Crippen molar-refractivity contribution in [2.24, 2.45) is 0 Å². The molecule has 0 spiro atoms. The van der Waals surface area contributed by atoms with Gasteiger partial charge in [0.25, 0.3) is 0 Å². The van der Waals surface area contributed by atoms with E-state index < -0.39 is 16.8 Å². The summed E-state index contributed by atoms with van der Waals surface area (Å²) < 4.78 is 4.94. The third-order valence-electron chi connectivity index (χ3n) is 2.64. The van der Waals surface area contributed by atoms with E-state index in [4.69, 9.17) is 14.8 Å². The average molecular weight is 284 g/mol. The van der Waals surface area contributed by atoms with Crippen molar-refractivity contribution in [3.05, 3.63) is 63.4 Å². The summed E-state index contributed by atoms with van der Waals surface area (Å²) in [6.45, 7) is 0. The van der Waals surface area contributed by atoms with Crippen LogP contribution in [0.4, 0.5) is 5.88 Å². The Morgan fingerprint density at radius 1 is 1.24 bits per heavy atom. The van der Waals surface area contributed by atoms with Gasteiger partial charge in [-0.25, -0.2) is 4.79 Å². The number of allylic oxidation sites excluding steroid dienone is 1. The summed E-state index contributed by atoms with van der Waals surface area (Å²) in [6.07, 6.45) is 1.35. The molecule has 0 aliphatic carbocycles. The van der Waals surface area contributed by atoms with Gasteiger partial charge in [0, 0.05) is 0 Å². The van der Waals surface area contributed by atoms with Crippen molar-refractivity contribution < 1.29 is 19.2 Å². The minimum Gasteiger partial charge on any atom is -0.478 e. The van der Waals surface area contributed by atoms with Gasteiger partial charge in [0.05, 0.1) is 23.3 Å². The predicted octanol–water partition coefficient (Wildman–Crippen LogP) is 2.95. The fourth-order valence-electron chi connectivity index (χ4n) is 1.63. The van der Waals surface area contributed by atoms with Crippen LogP contribution in [-0.4, -0.2) is 16.0 Å². The second kappa shape index (κ2) is 5.71. The van der Waals surface area contributed by atoms with Gasteiger partial charge in [-0.3, -0.25) is 10.1 Å². The molecule has 0 saturated carbocycles. The van der Waals surface area contributed by atoms with Crippen LogP contribution in [-0.2, 0) is 0 Å². The number of furan rings is 1. The van der Waals surface area contributed by atoms with Crippen LogP contribution in [0.25, 0.3) is 11.6 Å². The summed E-state index contributed by atoms with van der Waals surface area (Å²) >= 11 is 0. The fourth-order valence-corrected chi connectivity index (χ4v) is 1.63. The van der Waals surface area contributed by atoms with Crippen LogP contribution in [0.15, 0.2) is 40.8 Å². The lowest BCUT2D eigenvalue weighted by Crippen LogP contribution is -1.95. The molecule has 0 unspecified atom stereocenters. The van der Waals surface area contributed by atoms with E-state index in [0.717, 1.165) is 0 Å². The largest absolute Gasteiger partial charge is 0.478 e. The van der Waals surface area contributed by atoms with Crippen LogP contribution in [0.5, 0.6) is 0 Å². The number of carbonyl (C=O) groups is 1. The molecule has 0 amide bonds. The molecule has 1 N–H and O–H groups in total. The molecule has 0 fully saturated rings. The quantitative estimate of drug-likeness (QED) is 0.524. The number of hydrogen-bond donors (Lipinski definition) is 1. The molecule has 0 saturated heterocycles. The molecule has 104 valence electrons. The van der Waals surface area contributed by atoms with E-state index >= 15 is 0 Å². The summed E-state index contributed by atoms with van der Waals surface area (Å²) in [5.74, 6) is -1.31. The third kappa shape index (κ3) is 3.13. The number of carboxylic acid groups (broad SMARTS) is 1. The number of hydrogen-bond acceptors (Lipinski definition) is 5. The van der Waals surface area contributed by atoms with Crippen LogP contribution in [0.3, 0.4) is 0 Å². The molecular formula is C14H8N2O5. The molecule has 21 heavy (non-hydrogen) atoms. The first-order valence-corrected chi connectivity index (χ1v) is 5.71. The number of nitrogens with zero attached hydrogens (tertiary/aromatic N) is 2. The van der Waals surface area contributed by atoms with Crippen molar-refractivity contribution in [1.29, 1.82) is 5.26 Å². The van der Waals surface area contributed by atoms with Crippen molar-refractivity contribution in [1.82, 2.24) is 0 Å². The molecule has 2 rings (SSSR count). The SMILES string of the molecule is N#C/C(=C/c1ccc([N+](=O)[O-])o1)c1ccc(C(=O)O)cc1. The van der Waals surface area contributed by atoms with Gasteiger partial charge in [-0.05, 0) is 29.8 Å². The summed E-state index contributed by atoms with van der Waals surface area (Å²) in [7, 11) is 0. The van der Waals surface area contributed by atoms with Crippen molar-refractivity contribution in [3.8, 4) is 6.07 Å². The highest BCUT2D eigenvalue weighted by Gasteiger charge is 2.12. The molecule has 1 aromatic carbocycles. The number of nitro groups is 1. The Balaban J connectivity index is 2.34. The first kappa shape index (κ1) is 14.0. The summed E-state index contributed by atoms with van der Waals surface area (Å²) in [5, 5.41) is 28.4. The van der Waals surface area contributed by atoms with E-state index in [-0.39, 0.29) is 16.9 Å². The van der Waals surface area contributed by atoms with Crippen molar-refractivity contribution in [2.45, 2.75) is 0 Å². The Labute approximate surface area is 118 Å². The first-order valence-electron chi connectivity index (χ1n) is 5.71. The predicted molar refractivity (Wildman–Crippen MR) is 72.2 cm³/mol. The van der Waals surface area contributed by atoms with Crippen molar-refractivity contribution in [2.75, 3.05) is 0 Å². The molecule has 0 radical (unpaired) electrons. The lowest BCUT2D eigenvalue weighted by atomic mass is 10.0. The molecule has 7 nitrogen and oxygen atoms in total. The highest BCUT2D eigenvalue weighted by atomic mass is 16.6. The molecule has 7 heteroatoms. The molecule has 1 heterocycles. The second-order valence-corrected chi connectivity index (χ2v) is 3.99. The number of carboxylic acids is 1. The van der Waals surface area contributed by atoms with E-state index in [1.54, 1.807) is 0 Å². The Bertz CT molecular complexity index is 765. The minimum absolute atomic E-state index is 0.102. The second-order valence-electron chi connectivity index (χ2n) is 3.99. The number of nitriles is 1. The van der Waals surface area contributed by atoms with Crippen molar-refractivity contribution >= 4 is 23.5 Å². The van der Waals surface area contributed by atoms with Crippen LogP contribution in [0.1, 0.15) is 21.7 Å². The van der Waals surface area contributed by atoms with Crippen molar-refractivity contribution in [3.63, 3.8) is 0 Å². The van der Waals surface area contributed by atoms with Gasteiger partial charge in [0.1, 0.15) is 10.7 Å². The molecule has 2 aromatic rings. The molecule has 0 aliphatic rings. The third-order valence-corrected chi connectivity index (χ3v) is 2.64. The zero-order valence-corrected chi connectivity index (χ0v) is 10.5. The van der Waals surface area contributed by atoms with Gasteiger partial charge in [-0.15, -0.1) is 0 Å². The zero-order chi connectivity index (χ0) is 15.4. The van der Waals surface area contributed by atoms with Gasteiger partial charge in [-0.1, -0.05) is 12.1 Å². The Kier molecular flexibility index (Phi) is 3.81. The van der Waals surface area contributed by atoms with E-state index in [1.807, 2.05) is 6.07 Å². The Morgan fingerprint density at radius 3 is 2.33 bits per heavy atom. The van der Waals surface area contributed by atoms with Crippen LogP contribution >= 0.6 is 0 Å². The Morgan fingerprint density at radius 2 is 1.86 bits per heavy atom. The fraction of sp³-hybridized carbons (Fsp3) is 0. The summed E-state index contributed by atoms with van der Waals surface area (Å²) in [5.41, 5.74) is 0.794. The monoisotopic (exact) mass is 284 g/mol. The summed E-state index contributed by atoms with van der Waals surface area (Å²) in [6, 6.07) is 10.2. The van der Waals surface area contributed by atoms with E-state index in [0.29, 0.717) is 5.56 Å². The van der Waals surface area contributed by atoms with Gasteiger partial charge >= 0.3 is 11.9 Å². The maximum absolute atomic E-state index is 10.8. The van der Waals surface area contributed by atoms with Crippen LogP contribution in [0.2, 0.25) is 0 Å². The van der Waals surface area contributed by atoms with E-state index in [2.05, 4.69) is 0 Å². The van der Waals surface area contributed by atoms with Gasteiger partial charge in [0.15, 0.2) is 0 Å². The molecular weight excluding hydrogens is 276 g/mol. The minimum atomic E-state index is -1.06. The number of rotatable bonds is 4. The zero-order valence-electron chi connectivity index (χ0n) is 10.5. The maximum Gasteiger partial charge on any atom is 0.433 e. The number of benzene rings is 1. The topological polar surface area (TPSA) is 117 Å². The van der Waals surface area contributed by atoms with Gasteiger partial charge in [0.2, 0.25) is 0 Å². The molecule has 0 aliphatic heterocycles. The summed E-state index contributed by atoms with van der Waals surface area (Å²) in [4.78, 5) is 20.6. The van der Waals surface area contributed by atoms with E-state index in [9.17, 15) is 14.9 Å².